The van der Waals surface area contributed by atoms with E-state index in [0.29, 0.717) is 12.4 Å². The summed E-state index contributed by atoms with van der Waals surface area (Å²) in [6, 6.07) is 16.6. The number of nitrogens with one attached hydrogen (secondary N) is 1. The van der Waals surface area contributed by atoms with Gasteiger partial charge >= 0.3 is 0 Å². The molecule has 0 aliphatic rings. The van der Waals surface area contributed by atoms with E-state index in [1.807, 2.05) is 18.2 Å². The number of benzene rings is 2. The minimum absolute atomic E-state index is 0.216. The van der Waals surface area contributed by atoms with Crippen LogP contribution in [0.5, 0.6) is 0 Å². The molecule has 0 heterocycles. The van der Waals surface area contributed by atoms with Gasteiger partial charge in [-0.15, -0.1) is 11.6 Å². The Morgan fingerprint density at radius 1 is 1.05 bits per heavy atom. The summed E-state index contributed by atoms with van der Waals surface area (Å²) in [7, 11) is 0. The lowest BCUT2D eigenvalue weighted by molar-refractivity contribution is 0.406. The molecule has 100 valence electrons. The quantitative estimate of drug-likeness (QED) is 0.813. The predicted octanol–water partition coefficient (Wildman–Crippen LogP) is 4.07. The van der Waals surface area contributed by atoms with Crippen LogP contribution in [0.2, 0.25) is 0 Å². The maximum absolute atomic E-state index is 12.9. The van der Waals surface area contributed by atoms with Gasteiger partial charge in [-0.05, 0) is 30.2 Å². The van der Waals surface area contributed by atoms with Gasteiger partial charge in [0.2, 0.25) is 0 Å². The van der Waals surface area contributed by atoms with Crippen LogP contribution in [0.4, 0.5) is 4.39 Å². The summed E-state index contributed by atoms with van der Waals surface area (Å²) >= 11 is 6.11. The fourth-order valence-electron chi connectivity index (χ4n) is 1.93. The van der Waals surface area contributed by atoms with E-state index in [4.69, 9.17) is 11.6 Å². The van der Waals surface area contributed by atoms with E-state index in [-0.39, 0.29) is 11.4 Å². The summed E-state index contributed by atoms with van der Waals surface area (Å²) in [4.78, 5) is 0. The van der Waals surface area contributed by atoms with Crippen LogP contribution in [0.1, 0.15) is 18.1 Å². The Kier molecular flexibility index (Phi) is 4.56. The Bertz CT molecular complexity index is 512. The van der Waals surface area contributed by atoms with Gasteiger partial charge in [-0.1, -0.05) is 42.5 Å². The second-order valence-corrected chi connectivity index (χ2v) is 5.08. The Labute approximate surface area is 118 Å². The SMILES string of the molecule is CC(CCl)(NCc1ccc(F)cc1)c1ccccc1. The first-order chi connectivity index (χ1) is 9.14. The lowest BCUT2D eigenvalue weighted by atomic mass is 9.94. The van der Waals surface area contributed by atoms with Crippen molar-refractivity contribution in [3.8, 4) is 0 Å². The van der Waals surface area contributed by atoms with Crippen LogP contribution in [0.25, 0.3) is 0 Å². The minimum Gasteiger partial charge on any atom is -0.303 e. The van der Waals surface area contributed by atoms with Crippen molar-refractivity contribution in [1.82, 2.24) is 5.32 Å². The lowest BCUT2D eigenvalue weighted by Gasteiger charge is -2.29. The molecule has 2 aromatic rings. The van der Waals surface area contributed by atoms with Crippen LogP contribution in [-0.4, -0.2) is 5.88 Å². The van der Waals surface area contributed by atoms with E-state index in [9.17, 15) is 4.39 Å². The Hall–Kier alpha value is -1.38. The maximum atomic E-state index is 12.9. The molecule has 0 aliphatic heterocycles. The molecule has 3 heteroatoms. The van der Waals surface area contributed by atoms with Crippen LogP contribution in [0, 0.1) is 5.82 Å². The summed E-state index contributed by atoms with van der Waals surface area (Å²) in [6.45, 7) is 2.72. The van der Waals surface area contributed by atoms with Gasteiger partial charge < -0.3 is 5.32 Å². The fourth-order valence-corrected chi connectivity index (χ4v) is 2.18. The van der Waals surface area contributed by atoms with Gasteiger partial charge in [0.25, 0.3) is 0 Å². The fraction of sp³-hybridized carbons (Fsp3) is 0.250. The molecule has 0 saturated carbocycles. The third-order valence-corrected chi connectivity index (χ3v) is 3.81. The Morgan fingerprint density at radius 3 is 2.26 bits per heavy atom. The van der Waals surface area contributed by atoms with Crippen LogP contribution in [0.3, 0.4) is 0 Å². The summed E-state index contributed by atoms with van der Waals surface area (Å²) in [5.41, 5.74) is 1.89. The number of halogens is 2. The Balaban J connectivity index is 2.09. The second kappa shape index (κ2) is 6.18. The van der Waals surface area contributed by atoms with Crippen molar-refractivity contribution in [2.24, 2.45) is 0 Å². The van der Waals surface area contributed by atoms with Crippen LogP contribution in [-0.2, 0) is 12.1 Å². The highest BCUT2D eigenvalue weighted by atomic mass is 35.5. The molecule has 1 nitrogen and oxygen atoms in total. The molecule has 0 fully saturated rings. The molecule has 1 unspecified atom stereocenters. The topological polar surface area (TPSA) is 12.0 Å². The summed E-state index contributed by atoms with van der Waals surface area (Å²) in [5.74, 6) is 0.255. The average Bonchev–Trinajstić information content (AvgIpc) is 2.47. The number of hydrogen-bond donors (Lipinski definition) is 1. The zero-order valence-electron chi connectivity index (χ0n) is 10.9. The standard InChI is InChI=1S/C16H17ClFN/c1-16(12-17,14-5-3-2-4-6-14)19-11-13-7-9-15(18)10-8-13/h2-10,19H,11-12H2,1H3. The zero-order valence-corrected chi connectivity index (χ0v) is 11.6. The number of alkyl halides is 1. The van der Waals surface area contributed by atoms with E-state index in [0.717, 1.165) is 11.1 Å². The monoisotopic (exact) mass is 277 g/mol. The summed E-state index contributed by atoms with van der Waals surface area (Å²) in [5, 5.41) is 3.44. The summed E-state index contributed by atoms with van der Waals surface area (Å²) in [6.07, 6.45) is 0. The normalized spacial score (nSPS) is 14.1. The van der Waals surface area contributed by atoms with Crippen molar-refractivity contribution >= 4 is 11.6 Å². The Morgan fingerprint density at radius 2 is 1.68 bits per heavy atom. The van der Waals surface area contributed by atoms with E-state index >= 15 is 0 Å². The number of rotatable bonds is 5. The molecule has 1 N–H and O–H groups in total. The highest BCUT2D eigenvalue weighted by molar-refractivity contribution is 6.18. The molecule has 19 heavy (non-hydrogen) atoms. The van der Waals surface area contributed by atoms with Crippen LogP contribution in [0.15, 0.2) is 54.6 Å². The van der Waals surface area contributed by atoms with E-state index < -0.39 is 0 Å². The van der Waals surface area contributed by atoms with Crippen LogP contribution < -0.4 is 5.32 Å². The van der Waals surface area contributed by atoms with E-state index in [1.165, 1.54) is 12.1 Å². The molecule has 0 aliphatic carbocycles. The summed E-state index contributed by atoms with van der Waals surface area (Å²) < 4.78 is 12.9. The third kappa shape index (κ3) is 3.55. The van der Waals surface area contributed by atoms with Gasteiger partial charge in [0, 0.05) is 12.4 Å². The van der Waals surface area contributed by atoms with E-state index in [2.05, 4.69) is 24.4 Å². The molecule has 0 bridgehead atoms. The largest absolute Gasteiger partial charge is 0.303 e. The van der Waals surface area contributed by atoms with Crippen molar-refractivity contribution in [2.45, 2.75) is 19.0 Å². The number of hydrogen-bond acceptors (Lipinski definition) is 1. The molecule has 2 aromatic carbocycles. The molecule has 0 aromatic heterocycles. The molecular weight excluding hydrogens is 261 g/mol. The van der Waals surface area contributed by atoms with Crippen molar-refractivity contribution in [2.75, 3.05) is 5.88 Å². The van der Waals surface area contributed by atoms with Gasteiger partial charge in [-0.25, -0.2) is 4.39 Å². The van der Waals surface area contributed by atoms with E-state index in [1.54, 1.807) is 12.1 Å². The first-order valence-corrected chi connectivity index (χ1v) is 6.78. The van der Waals surface area contributed by atoms with Crippen LogP contribution >= 0.6 is 11.6 Å². The first-order valence-electron chi connectivity index (χ1n) is 6.25. The van der Waals surface area contributed by atoms with Gasteiger partial charge in [0.15, 0.2) is 0 Å². The average molecular weight is 278 g/mol. The third-order valence-electron chi connectivity index (χ3n) is 3.27. The maximum Gasteiger partial charge on any atom is 0.123 e. The highest BCUT2D eigenvalue weighted by Crippen LogP contribution is 2.22. The van der Waals surface area contributed by atoms with Gasteiger partial charge in [0.05, 0.1) is 5.54 Å². The highest BCUT2D eigenvalue weighted by Gasteiger charge is 2.24. The van der Waals surface area contributed by atoms with Gasteiger partial charge in [0.1, 0.15) is 5.82 Å². The van der Waals surface area contributed by atoms with Crippen molar-refractivity contribution in [3.05, 3.63) is 71.5 Å². The van der Waals surface area contributed by atoms with Crippen molar-refractivity contribution in [1.29, 1.82) is 0 Å². The molecule has 0 radical (unpaired) electrons. The predicted molar refractivity (Wildman–Crippen MR) is 77.8 cm³/mol. The van der Waals surface area contributed by atoms with Crippen molar-refractivity contribution in [3.63, 3.8) is 0 Å². The van der Waals surface area contributed by atoms with Gasteiger partial charge in [-0.2, -0.15) is 0 Å². The molecular formula is C16H17ClFN. The smallest absolute Gasteiger partial charge is 0.123 e. The molecule has 0 spiro atoms. The molecule has 1 atom stereocenters. The minimum atomic E-state index is -0.294. The second-order valence-electron chi connectivity index (χ2n) is 4.81. The molecule has 0 amide bonds. The van der Waals surface area contributed by atoms with Gasteiger partial charge in [-0.3, -0.25) is 0 Å². The first kappa shape index (κ1) is 14.0. The molecule has 0 saturated heterocycles. The molecule has 2 rings (SSSR count). The van der Waals surface area contributed by atoms with Crippen molar-refractivity contribution < 1.29 is 4.39 Å². The lowest BCUT2D eigenvalue weighted by Crippen LogP contribution is -2.40. The zero-order chi connectivity index (χ0) is 13.7.